The number of nitrogens with zero attached hydrogens (tertiary/aromatic N) is 1. The van der Waals surface area contributed by atoms with Crippen LogP contribution in [-0.2, 0) is 24.7 Å². The molecule has 0 bridgehead atoms. The van der Waals surface area contributed by atoms with Crippen LogP contribution in [0.2, 0.25) is 0 Å². The van der Waals surface area contributed by atoms with E-state index in [1.807, 2.05) is 6.07 Å². The first-order chi connectivity index (χ1) is 14.0. The number of nitrogens with one attached hydrogen (secondary N) is 2. The zero-order valence-electron chi connectivity index (χ0n) is 16.6. The van der Waals surface area contributed by atoms with Crippen molar-refractivity contribution in [1.82, 2.24) is 15.8 Å². The van der Waals surface area contributed by atoms with Gasteiger partial charge in [0.1, 0.15) is 5.54 Å². The summed E-state index contributed by atoms with van der Waals surface area (Å²) in [6.45, 7) is 1.24. The van der Waals surface area contributed by atoms with Gasteiger partial charge in [0.05, 0.1) is 0 Å². The van der Waals surface area contributed by atoms with Crippen molar-refractivity contribution in [3.05, 3.63) is 35.9 Å². The van der Waals surface area contributed by atoms with E-state index >= 15 is 0 Å². The number of ether oxygens (including phenoxy) is 1. The largest absolute Gasteiger partial charge is 0.455 e. The van der Waals surface area contributed by atoms with Gasteiger partial charge in [0, 0.05) is 6.42 Å². The number of hydrazine groups is 1. The number of carbonyl (C=O) groups is 4. The molecule has 2 aliphatic rings. The van der Waals surface area contributed by atoms with Crippen LogP contribution >= 0.6 is 0 Å². The van der Waals surface area contributed by atoms with Gasteiger partial charge in [-0.15, -0.1) is 0 Å². The lowest BCUT2D eigenvalue weighted by molar-refractivity contribution is -0.151. The summed E-state index contributed by atoms with van der Waals surface area (Å²) in [7, 11) is 0. The van der Waals surface area contributed by atoms with E-state index in [0.29, 0.717) is 22.9 Å². The number of benzene rings is 1. The molecule has 0 aromatic heterocycles. The Bertz CT molecular complexity index is 776. The van der Waals surface area contributed by atoms with Gasteiger partial charge in [-0.05, 0) is 24.3 Å². The molecular weight excluding hydrogens is 374 g/mol. The normalized spacial score (nSPS) is 21.9. The average molecular weight is 401 g/mol. The van der Waals surface area contributed by atoms with Crippen LogP contribution in [0, 0.1) is 5.92 Å². The maximum absolute atomic E-state index is 12.9. The van der Waals surface area contributed by atoms with Crippen LogP contribution in [0.1, 0.15) is 57.4 Å². The summed E-state index contributed by atoms with van der Waals surface area (Å²) in [5, 5.41) is 3.33. The molecule has 1 saturated carbocycles. The molecule has 2 fully saturated rings. The fraction of sp³-hybridized carbons (Fsp3) is 0.524. The van der Waals surface area contributed by atoms with Crippen molar-refractivity contribution in [2.75, 3.05) is 6.61 Å². The van der Waals surface area contributed by atoms with Gasteiger partial charge >= 0.3 is 12.0 Å². The molecular formula is C21H27N3O5. The standard InChI is InChI=1S/C21H27N3O5/c1-2-21(16-10-4-3-5-11-16)19(27)24(20(28)22-21)23-17(25)14-29-18(26)13-12-15-8-6-7-9-15/h3-5,10-11,15H,2,6-9,12-14H2,1H3,(H,22,28)(H,23,25)/t21-/m0/s1. The summed E-state index contributed by atoms with van der Waals surface area (Å²) in [5.41, 5.74) is 1.65. The van der Waals surface area contributed by atoms with Crippen molar-refractivity contribution in [1.29, 1.82) is 0 Å². The molecule has 3 rings (SSSR count). The average Bonchev–Trinajstić information content (AvgIpc) is 3.34. The second kappa shape index (κ2) is 9.07. The Morgan fingerprint density at radius 3 is 2.55 bits per heavy atom. The van der Waals surface area contributed by atoms with Gasteiger partial charge < -0.3 is 10.1 Å². The summed E-state index contributed by atoms with van der Waals surface area (Å²) in [4.78, 5) is 49.2. The first kappa shape index (κ1) is 20.8. The molecule has 0 spiro atoms. The van der Waals surface area contributed by atoms with Crippen LogP contribution in [0.5, 0.6) is 0 Å². The molecule has 1 aromatic carbocycles. The molecule has 29 heavy (non-hydrogen) atoms. The van der Waals surface area contributed by atoms with E-state index in [1.165, 1.54) is 12.8 Å². The smallest absolute Gasteiger partial charge is 0.344 e. The SMILES string of the molecule is CC[C@@]1(c2ccccc2)NC(=O)N(NC(=O)COC(=O)CCC2CCCC2)C1=O. The van der Waals surface area contributed by atoms with Crippen molar-refractivity contribution >= 4 is 23.8 Å². The van der Waals surface area contributed by atoms with Crippen LogP contribution < -0.4 is 10.7 Å². The highest BCUT2D eigenvalue weighted by Gasteiger charge is 2.52. The molecule has 4 amide bonds. The van der Waals surface area contributed by atoms with Crippen LogP contribution in [0.25, 0.3) is 0 Å². The minimum absolute atomic E-state index is 0.272. The van der Waals surface area contributed by atoms with E-state index < -0.39 is 36.0 Å². The van der Waals surface area contributed by atoms with Crippen molar-refractivity contribution in [3.63, 3.8) is 0 Å². The number of urea groups is 1. The zero-order chi connectivity index (χ0) is 20.9. The van der Waals surface area contributed by atoms with E-state index in [2.05, 4.69) is 10.7 Å². The van der Waals surface area contributed by atoms with E-state index in [4.69, 9.17) is 4.74 Å². The van der Waals surface area contributed by atoms with Crippen molar-refractivity contribution in [3.8, 4) is 0 Å². The number of imide groups is 1. The highest BCUT2D eigenvalue weighted by Crippen LogP contribution is 2.31. The maximum Gasteiger partial charge on any atom is 0.344 e. The Hall–Kier alpha value is -2.90. The number of hydrogen-bond donors (Lipinski definition) is 2. The molecule has 1 aliphatic heterocycles. The van der Waals surface area contributed by atoms with E-state index in [-0.39, 0.29) is 6.42 Å². The highest BCUT2D eigenvalue weighted by atomic mass is 16.5. The third-order valence-corrected chi connectivity index (χ3v) is 5.72. The first-order valence-electron chi connectivity index (χ1n) is 10.1. The fourth-order valence-corrected chi connectivity index (χ4v) is 4.03. The van der Waals surface area contributed by atoms with Gasteiger partial charge in [-0.1, -0.05) is 62.9 Å². The Morgan fingerprint density at radius 1 is 1.21 bits per heavy atom. The number of hydrogen-bond acceptors (Lipinski definition) is 5. The Morgan fingerprint density at radius 2 is 1.90 bits per heavy atom. The Labute approximate surface area is 169 Å². The topological polar surface area (TPSA) is 105 Å². The molecule has 156 valence electrons. The van der Waals surface area contributed by atoms with E-state index in [1.54, 1.807) is 31.2 Å². The lowest BCUT2D eigenvalue weighted by Crippen LogP contribution is -2.49. The molecule has 1 aromatic rings. The zero-order valence-corrected chi connectivity index (χ0v) is 16.6. The molecule has 1 aliphatic carbocycles. The molecule has 1 heterocycles. The van der Waals surface area contributed by atoms with Crippen LogP contribution in [-0.4, -0.2) is 35.4 Å². The summed E-state index contributed by atoms with van der Waals surface area (Å²) >= 11 is 0. The number of amides is 4. The van der Waals surface area contributed by atoms with Crippen molar-refractivity contribution < 1.29 is 23.9 Å². The van der Waals surface area contributed by atoms with Crippen LogP contribution in [0.3, 0.4) is 0 Å². The monoisotopic (exact) mass is 401 g/mol. The molecule has 8 heteroatoms. The molecule has 0 radical (unpaired) electrons. The Kier molecular flexibility index (Phi) is 6.51. The molecule has 0 unspecified atom stereocenters. The maximum atomic E-state index is 12.9. The van der Waals surface area contributed by atoms with Gasteiger partial charge in [0.2, 0.25) is 0 Å². The minimum Gasteiger partial charge on any atom is -0.455 e. The van der Waals surface area contributed by atoms with Crippen molar-refractivity contribution in [2.24, 2.45) is 5.92 Å². The molecule has 1 atom stereocenters. The van der Waals surface area contributed by atoms with Crippen molar-refractivity contribution in [2.45, 2.75) is 57.4 Å². The number of carbonyl (C=O) groups excluding carboxylic acids is 4. The Balaban J connectivity index is 1.52. The molecule has 8 nitrogen and oxygen atoms in total. The predicted octanol–water partition coefficient (Wildman–Crippen LogP) is 2.39. The number of rotatable bonds is 8. The van der Waals surface area contributed by atoms with Gasteiger partial charge in [0.15, 0.2) is 6.61 Å². The molecule has 2 N–H and O–H groups in total. The van der Waals surface area contributed by atoms with E-state index in [9.17, 15) is 19.2 Å². The predicted molar refractivity (Wildman–Crippen MR) is 104 cm³/mol. The minimum atomic E-state index is -1.23. The quantitative estimate of drug-likeness (QED) is 0.514. The van der Waals surface area contributed by atoms with Gasteiger partial charge in [-0.3, -0.25) is 19.8 Å². The summed E-state index contributed by atoms with van der Waals surface area (Å²) < 4.78 is 4.99. The second-order valence-corrected chi connectivity index (χ2v) is 7.58. The highest BCUT2D eigenvalue weighted by molar-refractivity contribution is 6.08. The fourth-order valence-electron chi connectivity index (χ4n) is 4.03. The summed E-state index contributed by atoms with van der Waals surface area (Å²) in [6, 6.07) is 8.14. The summed E-state index contributed by atoms with van der Waals surface area (Å²) in [5.74, 6) is -1.20. The van der Waals surface area contributed by atoms with Gasteiger partial charge in [-0.25, -0.2) is 4.79 Å². The molecule has 1 saturated heterocycles. The lowest BCUT2D eigenvalue weighted by Gasteiger charge is -2.25. The third kappa shape index (κ3) is 4.58. The lowest BCUT2D eigenvalue weighted by atomic mass is 9.87. The number of esters is 1. The van der Waals surface area contributed by atoms with Crippen LogP contribution in [0.4, 0.5) is 4.79 Å². The third-order valence-electron chi connectivity index (χ3n) is 5.72. The van der Waals surface area contributed by atoms with Gasteiger partial charge in [-0.2, -0.15) is 5.01 Å². The van der Waals surface area contributed by atoms with E-state index in [0.717, 1.165) is 19.3 Å². The summed E-state index contributed by atoms with van der Waals surface area (Å²) in [6.07, 6.45) is 6.05. The van der Waals surface area contributed by atoms with Gasteiger partial charge in [0.25, 0.3) is 11.8 Å². The second-order valence-electron chi connectivity index (χ2n) is 7.58. The van der Waals surface area contributed by atoms with Crippen LogP contribution in [0.15, 0.2) is 30.3 Å². The first-order valence-corrected chi connectivity index (χ1v) is 10.1.